The first-order valence-corrected chi connectivity index (χ1v) is 5.60. The number of allylic oxidation sites excluding steroid dienone is 6. The molecule has 1 aliphatic rings. The average molecular weight is 277 g/mol. The molecule has 6 nitrogen and oxygen atoms in total. The lowest BCUT2D eigenvalue weighted by atomic mass is 10.2. The zero-order valence-corrected chi connectivity index (χ0v) is 11.5. The fourth-order valence-electron chi connectivity index (χ4n) is 0.948. The molecule has 0 bridgehead atoms. The molecule has 106 valence electrons. The number of hydrogen-bond acceptors (Lipinski definition) is 5. The highest BCUT2D eigenvalue weighted by atomic mass is 16.6. The number of ether oxygens (including phenoxy) is 1. The molecule has 6 heteroatoms. The Kier molecular flexibility index (Phi) is 7.99. The van der Waals surface area contributed by atoms with Crippen LogP contribution < -0.4 is 0 Å². The number of hydrogen-bond donors (Lipinski definition) is 0. The van der Waals surface area contributed by atoms with E-state index < -0.39 is 4.92 Å². The first kappa shape index (κ1) is 17.3. The summed E-state index contributed by atoms with van der Waals surface area (Å²) in [7, 11) is 1.35. The summed E-state index contributed by atoms with van der Waals surface area (Å²) in [5, 5.41) is 10.5. The quantitative estimate of drug-likeness (QED) is 0.259. The molecule has 0 aromatic rings. The van der Waals surface area contributed by atoms with Crippen LogP contribution in [0.25, 0.3) is 0 Å². The van der Waals surface area contributed by atoms with E-state index in [1.807, 2.05) is 0 Å². The van der Waals surface area contributed by atoms with Crippen LogP contribution in [0.2, 0.25) is 0 Å². The van der Waals surface area contributed by atoms with Crippen LogP contribution in [0, 0.1) is 10.1 Å². The van der Waals surface area contributed by atoms with Gasteiger partial charge >= 0.3 is 11.7 Å². The number of methoxy groups -OCH3 is 1. The number of ketones is 1. The summed E-state index contributed by atoms with van der Waals surface area (Å²) >= 11 is 0. The topological polar surface area (TPSA) is 86.5 Å². The number of carbonyl (C=O) groups is 2. The van der Waals surface area contributed by atoms with Crippen LogP contribution in [-0.4, -0.2) is 23.8 Å². The van der Waals surface area contributed by atoms with Gasteiger partial charge in [0.05, 0.1) is 12.0 Å². The summed E-state index contributed by atoms with van der Waals surface area (Å²) in [5.74, 6) is -0.359. The minimum absolute atomic E-state index is 0.113. The van der Waals surface area contributed by atoms with E-state index in [4.69, 9.17) is 0 Å². The van der Waals surface area contributed by atoms with Crippen molar-refractivity contribution in [3.8, 4) is 0 Å². The van der Waals surface area contributed by atoms with Gasteiger partial charge in [0.2, 0.25) is 0 Å². The standard InChI is InChI=1S/C11H9NO3.C3H6O2/c1-9(13)6-7-10-4-2-3-5-11(8-10)12(14)15;1-3(4)5-2/h2-7H,1H3;1-2H3/b7-6+;. The molecule has 1 rings (SSSR count). The van der Waals surface area contributed by atoms with Gasteiger partial charge in [0.15, 0.2) is 5.78 Å². The molecular weight excluding hydrogens is 262 g/mol. The molecule has 0 amide bonds. The van der Waals surface area contributed by atoms with Crippen LogP contribution in [0.4, 0.5) is 0 Å². The molecular formula is C14H15NO5. The molecule has 0 atom stereocenters. The Balaban J connectivity index is 0.000000621. The smallest absolute Gasteiger partial charge is 0.312 e. The number of rotatable bonds is 3. The lowest BCUT2D eigenvalue weighted by molar-refractivity contribution is -0.418. The SMILES string of the molecule is CC(=O)/C=C/C1=C=C([N+](=O)[O-])C=CC=C1.COC(C)=O. The predicted molar refractivity (Wildman–Crippen MR) is 73.3 cm³/mol. The van der Waals surface area contributed by atoms with E-state index >= 15 is 0 Å². The fraction of sp³-hybridized carbons (Fsp3) is 0.214. The van der Waals surface area contributed by atoms with Gasteiger partial charge in [-0.15, -0.1) is 0 Å². The lowest BCUT2D eigenvalue weighted by Gasteiger charge is -1.86. The summed E-state index contributed by atoms with van der Waals surface area (Å²) < 4.78 is 4.11. The first-order valence-electron chi connectivity index (χ1n) is 5.60. The average Bonchev–Trinajstić information content (AvgIpc) is 2.62. The minimum atomic E-state index is -0.523. The minimum Gasteiger partial charge on any atom is -0.469 e. The van der Waals surface area contributed by atoms with Gasteiger partial charge in [-0.25, -0.2) is 0 Å². The van der Waals surface area contributed by atoms with Gasteiger partial charge in [0, 0.05) is 18.6 Å². The second-order valence-electron chi connectivity index (χ2n) is 3.58. The van der Waals surface area contributed by atoms with Crippen LogP contribution in [0.15, 0.2) is 53.5 Å². The third-order valence-corrected chi connectivity index (χ3v) is 1.90. The third-order valence-electron chi connectivity index (χ3n) is 1.90. The van der Waals surface area contributed by atoms with Gasteiger partial charge in [-0.1, -0.05) is 12.2 Å². The number of carbonyl (C=O) groups excluding carboxylic acids is 2. The molecule has 0 aromatic heterocycles. The normalized spacial score (nSPS) is 12.8. The maximum absolute atomic E-state index is 10.7. The lowest BCUT2D eigenvalue weighted by Crippen LogP contribution is -1.93. The van der Waals surface area contributed by atoms with Crippen molar-refractivity contribution < 1.29 is 19.2 Å². The second kappa shape index (κ2) is 9.24. The van der Waals surface area contributed by atoms with Crippen molar-refractivity contribution in [2.75, 3.05) is 7.11 Å². The van der Waals surface area contributed by atoms with Gasteiger partial charge in [-0.05, 0) is 30.9 Å². The Bertz CT molecular complexity index is 546. The number of esters is 1. The molecule has 0 N–H and O–H groups in total. The Labute approximate surface area is 116 Å². The number of nitro groups is 1. The van der Waals surface area contributed by atoms with Crippen LogP contribution in [0.5, 0.6) is 0 Å². The molecule has 0 heterocycles. The zero-order chi connectivity index (χ0) is 15.5. The van der Waals surface area contributed by atoms with Crippen molar-refractivity contribution in [1.82, 2.24) is 0 Å². The molecule has 0 radical (unpaired) electrons. The van der Waals surface area contributed by atoms with Crippen LogP contribution in [0.3, 0.4) is 0 Å². The van der Waals surface area contributed by atoms with E-state index in [1.54, 1.807) is 18.2 Å². The summed E-state index contributed by atoms with van der Waals surface area (Å²) in [4.78, 5) is 30.3. The van der Waals surface area contributed by atoms with Crippen molar-refractivity contribution in [1.29, 1.82) is 0 Å². The van der Waals surface area contributed by atoms with Crippen LogP contribution >= 0.6 is 0 Å². The third kappa shape index (κ3) is 8.38. The predicted octanol–water partition coefficient (Wildman–Crippen LogP) is 2.12. The molecule has 0 fully saturated rings. The monoisotopic (exact) mass is 277 g/mol. The summed E-state index contributed by atoms with van der Waals surface area (Å²) in [6.07, 6.45) is 9.05. The van der Waals surface area contributed by atoms with Crippen molar-refractivity contribution in [2.24, 2.45) is 0 Å². The summed E-state index contributed by atoms with van der Waals surface area (Å²) in [6, 6.07) is 0. The molecule has 0 unspecified atom stereocenters. The highest BCUT2D eigenvalue weighted by Crippen LogP contribution is 2.07. The van der Waals surface area contributed by atoms with E-state index in [2.05, 4.69) is 10.5 Å². The van der Waals surface area contributed by atoms with Gasteiger partial charge in [0.1, 0.15) is 0 Å². The van der Waals surface area contributed by atoms with Crippen molar-refractivity contribution in [3.63, 3.8) is 0 Å². The molecule has 0 aliphatic heterocycles. The molecule has 1 aliphatic carbocycles. The van der Waals surface area contributed by atoms with E-state index in [0.29, 0.717) is 5.57 Å². The highest BCUT2D eigenvalue weighted by molar-refractivity contribution is 5.87. The first-order chi connectivity index (χ1) is 9.36. The Morgan fingerprint density at radius 2 is 1.85 bits per heavy atom. The molecule has 0 spiro atoms. The largest absolute Gasteiger partial charge is 0.469 e. The number of nitrogens with zero attached hydrogens (tertiary/aromatic N) is 1. The van der Waals surface area contributed by atoms with E-state index in [0.717, 1.165) is 0 Å². The van der Waals surface area contributed by atoms with E-state index in [-0.39, 0.29) is 17.4 Å². The molecule has 0 saturated heterocycles. The maximum Gasteiger partial charge on any atom is 0.312 e. The molecule has 0 aromatic carbocycles. The van der Waals surface area contributed by atoms with Crippen LogP contribution in [-0.2, 0) is 14.3 Å². The van der Waals surface area contributed by atoms with Gasteiger partial charge < -0.3 is 4.74 Å². The van der Waals surface area contributed by atoms with E-state index in [9.17, 15) is 19.7 Å². The fourth-order valence-corrected chi connectivity index (χ4v) is 0.948. The Morgan fingerprint density at radius 1 is 1.30 bits per heavy atom. The Morgan fingerprint density at radius 3 is 2.30 bits per heavy atom. The van der Waals surface area contributed by atoms with Crippen LogP contribution in [0.1, 0.15) is 13.8 Å². The van der Waals surface area contributed by atoms with Gasteiger partial charge in [0.25, 0.3) is 0 Å². The van der Waals surface area contributed by atoms with Crippen molar-refractivity contribution in [2.45, 2.75) is 13.8 Å². The zero-order valence-electron chi connectivity index (χ0n) is 11.5. The van der Waals surface area contributed by atoms with Gasteiger partial charge in [-0.3, -0.25) is 19.7 Å². The van der Waals surface area contributed by atoms with Gasteiger partial charge in [-0.2, -0.15) is 0 Å². The molecule has 0 saturated carbocycles. The molecule has 20 heavy (non-hydrogen) atoms. The second-order valence-corrected chi connectivity index (χ2v) is 3.58. The highest BCUT2D eigenvalue weighted by Gasteiger charge is 2.05. The van der Waals surface area contributed by atoms with Crippen molar-refractivity contribution >= 4 is 11.8 Å². The summed E-state index contributed by atoms with van der Waals surface area (Å²) in [6.45, 7) is 2.77. The maximum atomic E-state index is 10.7. The Hall–Kier alpha value is -2.72. The van der Waals surface area contributed by atoms with E-state index in [1.165, 1.54) is 39.2 Å². The van der Waals surface area contributed by atoms with Crippen molar-refractivity contribution in [3.05, 3.63) is 63.6 Å². The summed E-state index contributed by atoms with van der Waals surface area (Å²) in [5.41, 5.74) is 2.97.